The summed E-state index contributed by atoms with van der Waals surface area (Å²) in [7, 11) is 1.86. The van der Waals surface area contributed by atoms with Gasteiger partial charge in [-0.25, -0.2) is 8.42 Å². The zero-order valence-corrected chi connectivity index (χ0v) is 18.3. The number of rotatable bonds is 6. The summed E-state index contributed by atoms with van der Waals surface area (Å²) < 4.78 is 28.1. The first-order valence-corrected chi connectivity index (χ1v) is 11.8. The van der Waals surface area contributed by atoms with Gasteiger partial charge in [0.05, 0.1) is 4.92 Å². The highest BCUT2D eigenvalue weighted by atomic mass is 32.2. The lowest BCUT2D eigenvalue weighted by atomic mass is 9.87. The van der Waals surface area contributed by atoms with Gasteiger partial charge < -0.3 is 4.90 Å². The van der Waals surface area contributed by atoms with Gasteiger partial charge in [0.15, 0.2) is 4.90 Å². The quantitative estimate of drug-likeness (QED) is 0.515. The number of hydrogen-bond donors (Lipinski definition) is 0. The predicted octanol–water partition coefficient (Wildman–Crippen LogP) is 2.55. The molecule has 0 unspecified atom stereocenters. The Morgan fingerprint density at radius 1 is 1.03 bits per heavy atom. The van der Waals surface area contributed by atoms with Crippen molar-refractivity contribution in [3.05, 3.63) is 34.4 Å². The van der Waals surface area contributed by atoms with Crippen LogP contribution < -0.4 is 0 Å². The fourth-order valence-electron chi connectivity index (χ4n) is 4.82. The normalized spacial score (nSPS) is 24.9. The topological polar surface area (TPSA) is 87.0 Å². The summed E-state index contributed by atoms with van der Waals surface area (Å²) in [6.07, 6.45) is 5.94. The second-order valence-electron chi connectivity index (χ2n) is 8.37. The third-order valence-electron chi connectivity index (χ3n) is 6.67. The van der Waals surface area contributed by atoms with E-state index in [-0.39, 0.29) is 22.7 Å². The first kappa shape index (κ1) is 22.1. The number of hydrogen-bond acceptors (Lipinski definition) is 6. The van der Waals surface area contributed by atoms with Crippen LogP contribution in [-0.4, -0.2) is 79.8 Å². The Hall–Kier alpha value is -1.55. The monoisotopic (exact) mass is 424 g/mol. The Labute approximate surface area is 173 Å². The van der Waals surface area contributed by atoms with Gasteiger partial charge in [0.1, 0.15) is 0 Å². The molecule has 162 valence electrons. The largest absolute Gasteiger partial charge is 0.306 e. The molecule has 29 heavy (non-hydrogen) atoms. The third kappa shape index (κ3) is 4.63. The lowest BCUT2D eigenvalue weighted by Crippen LogP contribution is -2.56. The highest BCUT2D eigenvalue weighted by Gasteiger charge is 2.40. The number of likely N-dealkylation sites (tertiary alicyclic amines) is 1. The highest BCUT2D eigenvalue weighted by molar-refractivity contribution is 7.89. The molecule has 1 aromatic rings. The summed E-state index contributed by atoms with van der Waals surface area (Å²) in [5.41, 5.74) is -0.365. The molecule has 0 spiro atoms. The first-order chi connectivity index (χ1) is 13.7. The first-order valence-electron chi connectivity index (χ1n) is 10.4. The lowest BCUT2D eigenvalue weighted by molar-refractivity contribution is -0.387. The molecule has 3 rings (SSSR count). The molecule has 1 aliphatic heterocycles. The maximum Gasteiger partial charge on any atom is 0.289 e. The maximum absolute atomic E-state index is 13.3. The second kappa shape index (κ2) is 9.07. The van der Waals surface area contributed by atoms with Crippen molar-refractivity contribution in [2.45, 2.75) is 61.5 Å². The van der Waals surface area contributed by atoms with Gasteiger partial charge in [-0.2, -0.15) is 4.31 Å². The minimum absolute atomic E-state index is 0.125. The van der Waals surface area contributed by atoms with E-state index in [0.717, 1.165) is 51.6 Å². The Kier molecular flexibility index (Phi) is 6.93. The Bertz CT molecular complexity index is 824. The van der Waals surface area contributed by atoms with Crippen LogP contribution in [0, 0.1) is 10.1 Å². The van der Waals surface area contributed by atoms with Crippen LogP contribution in [-0.2, 0) is 10.0 Å². The number of piperidine rings is 1. The van der Waals surface area contributed by atoms with E-state index in [9.17, 15) is 18.5 Å². The van der Waals surface area contributed by atoms with E-state index in [1.165, 1.54) is 28.6 Å². The van der Waals surface area contributed by atoms with Crippen LogP contribution in [0.4, 0.5) is 5.69 Å². The van der Waals surface area contributed by atoms with Crippen molar-refractivity contribution in [1.29, 1.82) is 0 Å². The summed E-state index contributed by atoms with van der Waals surface area (Å²) in [5.74, 6) is 0. The van der Waals surface area contributed by atoms with Gasteiger partial charge in [0.2, 0.25) is 10.0 Å². The van der Waals surface area contributed by atoms with Crippen molar-refractivity contribution >= 4 is 15.7 Å². The van der Waals surface area contributed by atoms with Gasteiger partial charge in [-0.05, 0) is 58.9 Å². The second-order valence-corrected chi connectivity index (χ2v) is 10.3. The van der Waals surface area contributed by atoms with Crippen LogP contribution in [0.5, 0.6) is 0 Å². The molecule has 2 atom stereocenters. The molecule has 1 saturated carbocycles. The van der Waals surface area contributed by atoms with Crippen molar-refractivity contribution in [1.82, 2.24) is 14.1 Å². The molecule has 0 bridgehead atoms. The number of nitro groups is 1. The summed E-state index contributed by atoms with van der Waals surface area (Å²) in [4.78, 5) is 15.2. The average molecular weight is 425 g/mol. The molecule has 2 fully saturated rings. The molecule has 8 nitrogen and oxygen atoms in total. The molecule has 0 amide bonds. The van der Waals surface area contributed by atoms with Crippen LogP contribution in [0.3, 0.4) is 0 Å². The van der Waals surface area contributed by atoms with Crippen LogP contribution in [0.15, 0.2) is 29.2 Å². The van der Waals surface area contributed by atoms with Gasteiger partial charge >= 0.3 is 0 Å². The molecular formula is C20H32N4O4S. The summed E-state index contributed by atoms with van der Waals surface area (Å²) >= 11 is 0. The molecule has 0 aromatic heterocycles. The average Bonchev–Trinajstić information content (AvgIpc) is 2.73. The van der Waals surface area contributed by atoms with Crippen LogP contribution in [0.25, 0.3) is 0 Å². The van der Waals surface area contributed by atoms with Crippen LogP contribution >= 0.6 is 0 Å². The highest BCUT2D eigenvalue weighted by Crippen LogP contribution is 2.34. The lowest BCUT2D eigenvalue weighted by Gasteiger charge is -2.46. The van der Waals surface area contributed by atoms with Crippen molar-refractivity contribution in [2.24, 2.45) is 0 Å². The Morgan fingerprint density at radius 2 is 1.62 bits per heavy atom. The zero-order chi connectivity index (χ0) is 21.2. The minimum Gasteiger partial charge on any atom is -0.306 e. The SMILES string of the molecule is CN1CCC(N(C)[C@H]2CCCC[C@H]2N(C)S(=O)(=O)c2ccccc2[N+](=O)[O-])CC1. The van der Waals surface area contributed by atoms with Crippen molar-refractivity contribution < 1.29 is 13.3 Å². The van der Waals surface area contributed by atoms with Crippen molar-refractivity contribution in [3.8, 4) is 0 Å². The molecule has 9 heteroatoms. The Morgan fingerprint density at radius 3 is 2.24 bits per heavy atom. The maximum atomic E-state index is 13.3. The summed E-state index contributed by atoms with van der Waals surface area (Å²) in [6.45, 7) is 2.10. The molecule has 1 heterocycles. The van der Waals surface area contributed by atoms with E-state index in [4.69, 9.17) is 0 Å². The van der Waals surface area contributed by atoms with E-state index in [0.29, 0.717) is 6.04 Å². The van der Waals surface area contributed by atoms with Crippen molar-refractivity contribution in [3.63, 3.8) is 0 Å². The number of likely N-dealkylation sites (N-methyl/N-ethyl adjacent to an activating group) is 2. The molecule has 2 aliphatic rings. The van der Waals surface area contributed by atoms with E-state index in [1.807, 2.05) is 0 Å². The van der Waals surface area contributed by atoms with E-state index < -0.39 is 14.9 Å². The van der Waals surface area contributed by atoms with Crippen LogP contribution in [0.2, 0.25) is 0 Å². The molecule has 1 saturated heterocycles. The fourth-order valence-corrected chi connectivity index (χ4v) is 6.39. The Balaban J connectivity index is 1.85. The molecule has 0 radical (unpaired) electrons. The molecule has 1 aromatic carbocycles. The molecule has 0 N–H and O–H groups in total. The number of benzene rings is 1. The van der Waals surface area contributed by atoms with Gasteiger partial charge in [0.25, 0.3) is 5.69 Å². The number of nitrogens with zero attached hydrogens (tertiary/aromatic N) is 4. The number of para-hydroxylation sites is 1. The summed E-state index contributed by atoms with van der Waals surface area (Å²) in [6, 6.07) is 6.01. The smallest absolute Gasteiger partial charge is 0.289 e. The van der Waals surface area contributed by atoms with Gasteiger partial charge in [-0.1, -0.05) is 25.0 Å². The standard InChI is InChI=1S/C20H32N4O4S/c1-21-14-12-16(13-15-21)22(2)17-8-4-5-9-18(17)23(3)29(27,28)20-11-7-6-10-19(20)24(25)26/h6-7,10-11,16-18H,4-5,8-9,12-15H2,1-3H3/t17-,18+/m0/s1. The number of sulfonamides is 1. The van der Waals surface area contributed by atoms with E-state index in [1.54, 1.807) is 7.05 Å². The van der Waals surface area contributed by atoms with Crippen LogP contribution in [0.1, 0.15) is 38.5 Å². The van der Waals surface area contributed by atoms with E-state index in [2.05, 4.69) is 23.9 Å². The minimum atomic E-state index is -3.96. The number of nitro benzene ring substituents is 1. The van der Waals surface area contributed by atoms with Crippen molar-refractivity contribution in [2.75, 3.05) is 34.2 Å². The predicted molar refractivity (Wildman–Crippen MR) is 112 cm³/mol. The molecule has 1 aliphatic carbocycles. The summed E-state index contributed by atoms with van der Waals surface area (Å²) in [5, 5.41) is 11.4. The zero-order valence-electron chi connectivity index (χ0n) is 17.5. The van der Waals surface area contributed by atoms with Gasteiger partial charge in [0, 0.05) is 31.2 Å². The molecular weight excluding hydrogens is 392 g/mol. The van der Waals surface area contributed by atoms with Gasteiger partial charge in [-0.3, -0.25) is 15.0 Å². The van der Waals surface area contributed by atoms with E-state index >= 15 is 0 Å². The fraction of sp³-hybridized carbons (Fsp3) is 0.700. The van der Waals surface area contributed by atoms with Gasteiger partial charge in [-0.15, -0.1) is 0 Å². The third-order valence-corrected chi connectivity index (χ3v) is 8.60.